The number of benzene rings is 2. The van der Waals surface area contributed by atoms with Crippen LogP contribution >= 0.6 is 0 Å². The Morgan fingerprint density at radius 1 is 0.906 bits per heavy atom. The number of ether oxygens (including phenoxy) is 1. The second kappa shape index (κ2) is 8.86. The number of aryl methyl sites for hydroxylation is 2. The summed E-state index contributed by atoms with van der Waals surface area (Å²) < 4.78 is 7.00. The van der Waals surface area contributed by atoms with Crippen LogP contribution in [-0.2, 0) is 4.79 Å². The molecule has 2 aromatic carbocycles. The summed E-state index contributed by atoms with van der Waals surface area (Å²) in [6.45, 7) is 7.74. The fourth-order valence-electron chi connectivity index (χ4n) is 4.05. The molecule has 1 aromatic heterocycles. The zero-order valence-electron chi connectivity index (χ0n) is 19.0. The first-order valence-corrected chi connectivity index (χ1v) is 10.7. The fourth-order valence-corrected chi connectivity index (χ4v) is 4.05. The van der Waals surface area contributed by atoms with E-state index in [1.165, 1.54) is 0 Å². The number of carbonyl (C=O) groups is 2. The molecule has 1 saturated heterocycles. The minimum atomic E-state index is -0.0829. The lowest BCUT2D eigenvalue weighted by atomic mass is 10.1. The highest BCUT2D eigenvalue weighted by molar-refractivity contribution is 5.94. The van der Waals surface area contributed by atoms with Crippen molar-refractivity contribution in [1.29, 1.82) is 0 Å². The summed E-state index contributed by atoms with van der Waals surface area (Å²) in [6.07, 6.45) is 0. The van der Waals surface area contributed by atoms with Crippen LogP contribution in [0.3, 0.4) is 0 Å². The molecule has 3 aromatic rings. The molecule has 1 fully saturated rings. The van der Waals surface area contributed by atoms with E-state index in [0.29, 0.717) is 31.9 Å². The Hall–Kier alpha value is -3.61. The number of amides is 2. The third kappa shape index (κ3) is 4.23. The third-order valence-electron chi connectivity index (χ3n) is 5.91. The summed E-state index contributed by atoms with van der Waals surface area (Å²) >= 11 is 0. The van der Waals surface area contributed by atoms with Gasteiger partial charge in [0.1, 0.15) is 11.4 Å². The summed E-state index contributed by atoms with van der Waals surface area (Å²) in [5, 5.41) is 4.82. The van der Waals surface area contributed by atoms with E-state index >= 15 is 0 Å². The molecule has 2 amide bonds. The molecular weight excluding hydrogens is 404 g/mol. The first kappa shape index (κ1) is 21.6. The zero-order valence-corrected chi connectivity index (χ0v) is 19.0. The maximum absolute atomic E-state index is 13.5. The van der Waals surface area contributed by atoms with Crippen LogP contribution in [0.2, 0.25) is 0 Å². The lowest BCUT2D eigenvalue weighted by Crippen LogP contribution is -2.50. The number of methoxy groups -OCH3 is 1. The van der Waals surface area contributed by atoms with Crippen molar-refractivity contribution in [3.05, 3.63) is 65.4 Å². The number of carbonyl (C=O) groups excluding carboxylic acids is 2. The summed E-state index contributed by atoms with van der Waals surface area (Å²) in [7, 11) is 1.63. The van der Waals surface area contributed by atoms with Crippen molar-refractivity contribution in [2.24, 2.45) is 0 Å². The molecule has 0 atom stereocenters. The molecule has 1 aliphatic heterocycles. The third-order valence-corrected chi connectivity index (χ3v) is 5.91. The van der Waals surface area contributed by atoms with Gasteiger partial charge < -0.3 is 14.5 Å². The molecule has 0 bridgehead atoms. The normalized spacial score (nSPS) is 13.9. The lowest BCUT2D eigenvalue weighted by molar-refractivity contribution is -0.130. The molecule has 1 aliphatic rings. The Morgan fingerprint density at radius 2 is 1.56 bits per heavy atom. The quantitative estimate of drug-likeness (QED) is 0.633. The summed E-state index contributed by atoms with van der Waals surface area (Å²) in [4.78, 5) is 28.8. The second-order valence-corrected chi connectivity index (χ2v) is 8.14. The molecule has 7 heteroatoms. The predicted molar refractivity (Wildman–Crippen MR) is 123 cm³/mol. The van der Waals surface area contributed by atoms with E-state index < -0.39 is 0 Å². The van der Waals surface area contributed by atoms with Gasteiger partial charge in [-0.25, -0.2) is 4.68 Å². The molecule has 0 spiro atoms. The van der Waals surface area contributed by atoms with Crippen LogP contribution in [0.15, 0.2) is 48.5 Å². The summed E-state index contributed by atoms with van der Waals surface area (Å²) in [5.74, 6) is 0.724. The van der Waals surface area contributed by atoms with E-state index in [4.69, 9.17) is 9.84 Å². The van der Waals surface area contributed by atoms with Gasteiger partial charge in [0, 0.05) is 38.7 Å². The molecule has 166 valence electrons. The van der Waals surface area contributed by atoms with Gasteiger partial charge in [-0.3, -0.25) is 9.59 Å². The van der Waals surface area contributed by atoms with Crippen molar-refractivity contribution in [3.63, 3.8) is 0 Å². The van der Waals surface area contributed by atoms with E-state index in [2.05, 4.69) is 6.07 Å². The molecule has 32 heavy (non-hydrogen) atoms. The molecule has 0 saturated carbocycles. The van der Waals surface area contributed by atoms with Gasteiger partial charge in [0.2, 0.25) is 5.91 Å². The largest absolute Gasteiger partial charge is 0.497 e. The van der Waals surface area contributed by atoms with Gasteiger partial charge >= 0.3 is 0 Å². The number of nitrogens with zero attached hydrogens (tertiary/aromatic N) is 4. The van der Waals surface area contributed by atoms with Crippen LogP contribution in [0.4, 0.5) is 0 Å². The van der Waals surface area contributed by atoms with Gasteiger partial charge in [-0.15, -0.1) is 0 Å². The highest BCUT2D eigenvalue weighted by Crippen LogP contribution is 2.26. The average molecular weight is 433 g/mol. The topological polar surface area (TPSA) is 67.7 Å². The van der Waals surface area contributed by atoms with Crippen molar-refractivity contribution in [3.8, 4) is 22.7 Å². The first-order chi connectivity index (χ1) is 15.4. The van der Waals surface area contributed by atoms with Gasteiger partial charge in [0.25, 0.3) is 5.91 Å². The van der Waals surface area contributed by atoms with Crippen molar-refractivity contribution in [1.82, 2.24) is 19.6 Å². The Labute approximate surface area is 188 Å². The standard InChI is InChI=1S/C25H28N4O3/c1-17-5-10-23(18(2)15-17)29-24(25(31)28-13-11-27(12-14-28)19(3)30)16-22(26-29)20-6-8-21(32-4)9-7-20/h5-10,15-16H,11-14H2,1-4H3. The van der Waals surface area contributed by atoms with Crippen LogP contribution in [0.25, 0.3) is 16.9 Å². The molecular formula is C25H28N4O3. The molecule has 2 heterocycles. The maximum atomic E-state index is 13.5. The SMILES string of the molecule is COc1ccc(-c2cc(C(=O)N3CCN(C(C)=O)CC3)n(-c3ccc(C)cc3C)n2)cc1. The van der Waals surface area contributed by atoms with Crippen LogP contribution in [0.5, 0.6) is 5.75 Å². The van der Waals surface area contributed by atoms with Gasteiger partial charge in [0.05, 0.1) is 18.5 Å². The van der Waals surface area contributed by atoms with Crippen molar-refractivity contribution >= 4 is 11.8 Å². The molecule has 0 unspecified atom stereocenters. The maximum Gasteiger partial charge on any atom is 0.272 e. The molecule has 7 nitrogen and oxygen atoms in total. The van der Waals surface area contributed by atoms with E-state index in [1.54, 1.807) is 28.5 Å². The van der Waals surface area contributed by atoms with Crippen LogP contribution in [0.1, 0.15) is 28.5 Å². The lowest BCUT2D eigenvalue weighted by Gasteiger charge is -2.34. The van der Waals surface area contributed by atoms with Crippen molar-refractivity contribution < 1.29 is 14.3 Å². The van der Waals surface area contributed by atoms with Gasteiger partial charge in [-0.05, 0) is 55.8 Å². The second-order valence-electron chi connectivity index (χ2n) is 8.14. The first-order valence-electron chi connectivity index (χ1n) is 10.7. The van der Waals surface area contributed by atoms with Crippen LogP contribution < -0.4 is 4.74 Å². The van der Waals surface area contributed by atoms with Crippen LogP contribution in [0, 0.1) is 13.8 Å². The summed E-state index contributed by atoms with van der Waals surface area (Å²) in [5.41, 5.74) is 5.22. The zero-order chi connectivity index (χ0) is 22.8. The Kier molecular flexibility index (Phi) is 5.99. The smallest absolute Gasteiger partial charge is 0.272 e. The molecule has 4 rings (SSSR count). The number of aromatic nitrogens is 2. The van der Waals surface area contributed by atoms with Gasteiger partial charge in [-0.1, -0.05) is 17.7 Å². The molecule has 0 aliphatic carbocycles. The van der Waals surface area contributed by atoms with Gasteiger partial charge in [-0.2, -0.15) is 5.10 Å². The van der Waals surface area contributed by atoms with Gasteiger partial charge in [0.15, 0.2) is 0 Å². The fraction of sp³-hybridized carbons (Fsp3) is 0.320. The Morgan fingerprint density at radius 3 is 2.16 bits per heavy atom. The minimum absolute atomic E-state index is 0.0409. The van der Waals surface area contributed by atoms with E-state index in [0.717, 1.165) is 33.8 Å². The number of hydrogen-bond donors (Lipinski definition) is 0. The minimum Gasteiger partial charge on any atom is -0.497 e. The van der Waals surface area contributed by atoms with E-state index in [-0.39, 0.29) is 11.8 Å². The monoisotopic (exact) mass is 432 g/mol. The van der Waals surface area contributed by atoms with Crippen molar-refractivity contribution in [2.75, 3.05) is 33.3 Å². The highest BCUT2D eigenvalue weighted by atomic mass is 16.5. The summed E-state index contributed by atoms with van der Waals surface area (Å²) in [6, 6.07) is 15.6. The van der Waals surface area contributed by atoms with Crippen molar-refractivity contribution in [2.45, 2.75) is 20.8 Å². The Balaban J connectivity index is 1.73. The van der Waals surface area contributed by atoms with E-state index in [9.17, 15) is 9.59 Å². The number of hydrogen-bond acceptors (Lipinski definition) is 4. The highest BCUT2D eigenvalue weighted by Gasteiger charge is 2.27. The molecule has 0 N–H and O–H groups in total. The molecule has 0 radical (unpaired) electrons. The Bertz CT molecular complexity index is 1140. The number of piperazine rings is 1. The number of rotatable bonds is 4. The average Bonchev–Trinajstić information content (AvgIpc) is 3.23. The van der Waals surface area contributed by atoms with E-state index in [1.807, 2.05) is 56.3 Å². The van der Waals surface area contributed by atoms with Crippen LogP contribution in [-0.4, -0.2) is 64.7 Å². The predicted octanol–water partition coefficient (Wildman–Crippen LogP) is 3.47.